The van der Waals surface area contributed by atoms with Crippen LogP contribution in [0.15, 0.2) is 131 Å². The van der Waals surface area contributed by atoms with E-state index < -0.39 is 0 Å². The van der Waals surface area contributed by atoms with Crippen LogP contribution in [0.5, 0.6) is 5.75 Å². The summed E-state index contributed by atoms with van der Waals surface area (Å²) in [5, 5.41) is 13.7. The van der Waals surface area contributed by atoms with E-state index in [2.05, 4.69) is 35.3 Å². The number of pyridine rings is 1. The van der Waals surface area contributed by atoms with E-state index in [0.717, 1.165) is 37.5 Å². The monoisotopic (exact) mass is 483 g/mol. The molecule has 36 heavy (non-hydrogen) atoms. The standard InChI is InChI=1S/C31H21N3OS/c35-29-16-7-6-15-26(29)28-19-27(21-9-2-1-3-10-21)33-31(34-28)23-13-8-14-25(17-23)36-30-18-22-11-4-5-12-24(22)20-32-30/h1-20,35H. The van der Waals surface area contributed by atoms with Gasteiger partial charge in [0, 0.05) is 33.2 Å². The highest BCUT2D eigenvalue weighted by atomic mass is 32.2. The zero-order chi connectivity index (χ0) is 24.3. The van der Waals surface area contributed by atoms with Crippen molar-refractivity contribution in [2.45, 2.75) is 9.92 Å². The maximum absolute atomic E-state index is 10.5. The van der Waals surface area contributed by atoms with Crippen LogP contribution >= 0.6 is 11.8 Å². The number of nitrogens with zero attached hydrogens (tertiary/aromatic N) is 3. The summed E-state index contributed by atoms with van der Waals surface area (Å²) in [4.78, 5) is 15.4. The van der Waals surface area contributed by atoms with Crippen LogP contribution in [-0.4, -0.2) is 20.1 Å². The molecule has 1 N–H and O–H groups in total. The molecule has 0 aliphatic heterocycles. The van der Waals surface area contributed by atoms with Gasteiger partial charge in [0.15, 0.2) is 5.82 Å². The Labute approximate surface area is 213 Å². The molecule has 0 aliphatic rings. The highest BCUT2D eigenvalue weighted by Crippen LogP contribution is 2.34. The number of hydrogen-bond acceptors (Lipinski definition) is 5. The molecule has 6 aromatic rings. The second kappa shape index (κ2) is 9.64. The third-order valence-corrected chi connectivity index (χ3v) is 6.82. The number of fused-ring (bicyclic) bond motifs is 1. The van der Waals surface area contributed by atoms with Crippen LogP contribution < -0.4 is 0 Å². The van der Waals surface area contributed by atoms with Crippen molar-refractivity contribution in [3.05, 3.63) is 121 Å². The van der Waals surface area contributed by atoms with E-state index in [1.807, 2.05) is 79.0 Å². The fourth-order valence-electron chi connectivity index (χ4n) is 4.10. The molecule has 172 valence electrons. The van der Waals surface area contributed by atoms with Gasteiger partial charge < -0.3 is 5.11 Å². The zero-order valence-corrected chi connectivity index (χ0v) is 20.1. The average molecular weight is 484 g/mol. The lowest BCUT2D eigenvalue weighted by Crippen LogP contribution is -1.96. The highest BCUT2D eigenvalue weighted by Gasteiger charge is 2.13. The molecule has 0 saturated heterocycles. The van der Waals surface area contributed by atoms with E-state index >= 15 is 0 Å². The smallest absolute Gasteiger partial charge is 0.160 e. The maximum atomic E-state index is 10.5. The van der Waals surface area contributed by atoms with Gasteiger partial charge >= 0.3 is 0 Å². The third kappa shape index (κ3) is 4.57. The summed E-state index contributed by atoms with van der Waals surface area (Å²) in [5.74, 6) is 0.788. The van der Waals surface area contributed by atoms with Gasteiger partial charge in [-0.2, -0.15) is 0 Å². The summed E-state index contributed by atoms with van der Waals surface area (Å²) in [6.07, 6.45) is 1.91. The van der Waals surface area contributed by atoms with Crippen LogP contribution in [0.4, 0.5) is 0 Å². The third-order valence-electron chi connectivity index (χ3n) is 5.90. The summed E-state index contributed by atoms with van der Waals surface area (Å²) in [5.41, 5.74) is 4.03. The van der Waals surface area contributed by atoms with Gasteiger partial charge in [0.25, 0.3) is 0 Å². The van der Waals surface area contributed by atoms with Crippen molar-refractivity contribution < 1.29 is 5.11 Å². The van der Waals surface area contributed by atoms with Crippen molar-refractivity contribution >= 4 is 22.5 Å². The van der Waals surface area contributed by atoms with Gasteiger partial charge in [-0.1, -0.05) is 90.6 Å². The quantitative estimate of drug-likeness (QED) is 0.270. The molecule has 4 aromatic carbocycles. The molecule has 0 radical (unpaired) electrons. The number of aromatic hydroxyl groups is 1. The number of phenolic OH excluding ortho intramolecular Hbond substituents is 1. The minimum absolute atomic E-state index is 0.188. The normalized spacial score (nSPS) is 11.0. The van der Waals surface area contributed by atoms with Gasteiger partial charge in [-0.3, -0.25) is 0 Å². The molecule has 0 aliphatic carbocycles. The minimum atomic E-state index is 0.188. The second-order valence-electron chi connectivity index (χ2n) is 8.34. The number of aromatic nitrogens is 3. The molecule has 5 heteroatoms. The van der Waals surface area contributed by atoms with Gasteiger partial charge in [0.05, 0.1) is 11.4 Å². The van der Waals surface area contributed by atoms with Gasteiger partial charge in [-0.25, -0.2) is 15.0 Å². The number of phenols is 1. The Bertz CT molecular complexity index is 1690. The molecule has 0 bridgehead atoms. The largest absolute Gasteiger partial charge is 0.507 e. The Morgan fingerprint density at radius 3 is 2.17 bits per heavy atom. The first-order valence-electron chi connectivity index (χ1n) is 11.6. The maximum Gasteiger partial charge on any atom is 0.160 e. The molecular formula is C31H21N3OS. The lowest BCUT2D eigenvalue weighted by Gasteiger charge is -2.11. The number of rotatable bonds is 5. The van der Waals surface area contributed by atoms with E-state index in [1.54, 1.807) is 23.9 Å². The second-order valence-corrected chi connectivity index (χ2v) is 9.44. The Hall–Kier alpha value is -4.48. The number of para-hydroxylation sites is 1. The van der Waals surface area contributed by atoms with Crippen LogP contribution in [-0.2, 0) is 0 Å². The summed E-state index contributed by atoms with van der Waals surface area (Å²) < 4.78 is 0. The van der Waals surface area contributed by atoms with Crippen molar-refractivity contribution in [1.82, 2.24) is 15.0 Å². The van der Waals surface area contributed by atoms with Gasteiger partial charge in [-0.05, 0) is 41.8 Å². The van der Waals surface area contributed by atoms with Crippen molar-refractivity contribution in [2.24, 2.45) is 0 Å². The molecule has 0 amide bonds. The van der Waals surface area contributed by atoms with Crippen molar-refractivity contribution in [1.29, 1.82) is 0 Å². The molecule has 0 saturated carbocycles. The van der Waals surface area contributed by atoms with Crippen LogP contribution in [0.2, 0.25) is 0 Å². The Morgan fingerprint density at radius 1 is 0.583 bits per heavy atom. The van der Waals surface area contributed by atoms with E-state index in [0.29, 0.717) is 17.1 Å². The molecule has 4 nitrogen and oxygen atoms in total. The Balaban J connectivity index is 1.42. The molecule has 0 atom stereocenters. The first kappa shape index (κ1) is 22.0. The Morgan fingerprint density at radius 2 is 1.31 bits per heavy atom. The van der Waals surface area contributed by atoms with Crippen molar-refractivity contribution in [2.75, 3.05) is 0 Å². The van der Waals surface area contributed by atoms with Crippen LogP contribution in [0, 0.1) is 0 Å². The van der Waals surface area contributed by atoms with Gasteiger partial charge in [0.1, 0.15) is 10.8 Å². The zero-order valence-electron chi connectivity index (χ0n) is 19.2. The SMILES string of the molecule is Oc1ccccc1-c1cc(-c2ccccc2)nc(-c2cccc(Sc3cc4ccccc4cn3)c2)n1. The number of hydrogen-bond donors (Lipinski definition) is 1. The molecular weight excluding hydrogens is 462 g/mol. The predicted molar refractivity (Wildman–Crippen MR) is 146 cm³/mol. The number of benzene rings is 4. The fourth-order valence-corrected chi connectivity index (χ4v) is 4.97. The van der Waals surface area contributed by atoms with Crippen molar-refractivity contribution in [3.8, 4) is 39.7 Å². The molecule has 0 fully saturated rings. The molecule has 6 rings (SSSR count). The van der Waals surface area contributed by atoms with E-state index in [4.69, 9.17) is 9.97 Å². The lowest BCUT2D eigenvalue weighted by atomic mass is 10.1. The van der Waals surface area contributed by atoms with Crippen LogP contribution in [0.25, 0.3) is 44.7 Å². The van der Waals surface area contributed by atoms with Gasteiger partial charge in [-0.15, -0.1) is 0 Å². The van der Waals surface area contributed by atoms with Gasteiger partial charge in [0.2, 0.25) is 0 Å². The van der Waals surface area contributed by atoms with E-state index in [9.17, 15) is 5.11 Å². The first-order valence-corrected chi connectivity index (χ1v) is 12.4. The predicted octanol–water partition coefficient (Wildman–Crippen LogP) is 7.88. The van der Waals surface area contributed by atoms with Crippen LogP contribution in [0.1, 0.15) is 0 Å². The van der Waals surface area contributed by atoms with Crippen molar-refractivity contribution in [3.63, 3.8) is 0 Å². The lowest BCUT2D eigenvalue weighted by molar-refractivity contribution is 0.477. The van der Waals surface area contributed by atoms with E-state index in [1.165, 1.54) is 0 Å². The highest BCUT2D eigenvalue weighted by molar-refractivity contribution is 7.99. The minimum Gasteiger partial charge on any atom is -0.507 e. The summed E-state index contributed by atoms with van der Waals surface area (Å²) in [7, 11) is 0. The van der Waals surface area contributed by atoms with E-state index in [-0.39, 0.29) is 5.75 Å². The Kier molecular flexibility index (Phi) is 5.90. The molecule has 2 heterocycles. The summed E-state index contributed by atoms with van der Waals surface area (Å²) in [6.45, 7) is 0. The first-order chi connectivity index (χ1) is 17.7. The topological polar surface area (TPSA) is 58.9 Å². The molecule has 0 unspecified atom stereocenters. The summed E-state index contributed by atoms with van der Waals surface area (Å²) >= 11 is 1.61. The molecule has 0 spiro atoms. The van der Waals surface area contributed by atoms with Crippen LogP contribution in [0.3, 0.4) is 0 Å². The molecule has 2 aromatic heterocycles. The summed E-state index contributed by atoms with van der Waals surface area (Å²) in [6, 6.07) is 37.7. The fraction of sp³-hybridized carbons (Fsp3) is 0. The average Bonchev–Trinajstić information content (AvgIpc) is 2.94.